The van der Waals surface area contributed by atoms with Gasteiger partial charge in [0.15, 0.2) is 0 Å². The zero-order valence-corrected chi connectivity index (χ0v) is 13.9. The summed E-state index contributed by atoms with van der Waals surface area (Å²) in [6, 6.07) is 3.00. The lowest BCUT2D eigenvalue weighted by Crippen LogP contribution is -2.44. The van der Waals surface area contributed by atoms with E-state index in [1.54, 1.807) is 0 Å². The Morgan fingerprint density at radius 3 is 2.57 bits per heavy atom. The first kappa shape index (κ1) is 17.1. The van der Waals surface area contributed by atoms with E-state index in [0.29, 0.717) is 11.3 Å². The Hall–Kier alpha value is -2.22. The topological polar surface area (TPSA) is 86.8 Å². The van der Waals surface area contributed by atoms with Crippen molar-refractivity contribution in [1.29, 1.82) is 0 Å². The first-order chi connectivity index (χ1) is 10.9. The smallest absolute Gasteiger partial charge is 0.334 e. The molecule has 2 rings (SSSR count). The van der Waals surface area contributed by atoms with Crippen LogP contribution in [-0.2, 0) is 20.8 Å². The Labute approximate surface area is 138 Å². The third kappa shape index (κ3) is 3.95. The van der Waals surface area contributed by atoms with E-state index in [2.05, 4.69) is 5.32 Å². The molecule has 1 fully saturated rings. The van der Waals surface area contributed by atoms with Crippen LogP contribution in [0.1, 0.15) is 25.1 Å². The van der Waals surface area contributed by atoms with Crippen LogP contribution >= 0.6 is 11.3 Å². The lowest BCUT2D eigenvalue weighted by atomic mass is 10.2. The number of imide groups is 2. The SMILES string of the molecule is CC[C@@H](C)NC(=O)CN1C(=O)C(=O)N(CCc2cccs2)C1=O. The highest BCUT2D eigenvalue weighted by Crippen LogP contribution is 2.15. The van der Waals surface area contributed by atoms with Gasteiger partial charge in [0.1, 0.15) is 6.54 Å². The summed E-state index contributed by atoms with van der Waals surface area (Å²) < 4.78 is 0. The Morgan fingerprint density at radius 1 is 1.26 bits per heavy atom. The van der Waals surface area contributed by atoms with Crippen molar-refractivity contribution in [3.8, 4) is 0 Å². The van der Waals surface area contributed by atoms with Gasteiger partial charge in [-0.2, -0.15) is 0 Å². The number of carbonyl (C=O) groups is 4. The van der Waals surface area contributed by atoms with E-state index in [1.807, 2.05) is 31.4 Å². The van der Waals surface area contributed by atoms with Gasteiger partial charge in [-0.15, -0.1) is 11.3 Å². The van der Waals surface area contributed by atoms with Crippen LogP contribution in [0.5, 0.6) is 0 Å². The first-order valence-electron chi connectivity index (χ1n) is 7.43. The maximum Gasteiger partial charge on any atom is 0.334 e. The van der Waals surface area contributed by atoms with E-state index in [0.717, 1.165) is 16.2 Å². The van der Waals surface area contributed by atoms with Gasteiger partial charge < -0.3 is 5.32 Å². The predicted molar refractivity (Wildman–Crippen MR) is 84.7 cm³/mol. The molecule has 2 heterocycles. The van der Waals surface area contributed by atoms with E-state index in [9.17, 15) is 19.2 Å². The van der Waals surface area contributed by atoms with Gasteiger partial charge in [0, 0.05) is 23.9 Å². The number of rotatable bonds is 7. The Bertz CT molecular complexity index is 614. The van der Waals surface area contributed by atoms with E-state index in [4.69, 9.17) is 0 Å². The van der Waals surface area contributed by atoms with Crippen LogP contribution in [0.25, 0.3) is 0 Å². The molecule has 0 saturated carbocycles. The zero-order chi connectivity index (χ0) is 17.0. The maximum absolute atomic E-state index is 12.2. The number of hydrogen-bond acceptors (Lipinski definition) is 5. The van der Waals surface area contributed by atoms with Gasteiger partial charge >= 0.3 is 17.8 Å². The molecule has 0 spiro atoms. The molecular formula is C15H19N3O4S. The van der Waals surface area contributed by atoms with Crippen LogP contribution in [0, 0.1) is 0 Å². The molecule has 1 N–H and O–H groups in total. The summed E-state index contributed by atoms with van der Waals surface area (Å²) in [7, 11) is 0. The molecule has 0 bridgehead atoms. The third-order valence-corrected chi connectivity index (χ3v) is 4.55. The van der Waals surface area contributed by atoms with Gasteiger partial charge in [-0.1, -0.05) is 13.0 Å². The van der Waals surface area contributed by atoms with Gasteiger partial charge in [0.05, 0.1) is 0 Å². The molecule has 0 radical (unpaired) electrons. The molecule has 1 aliphatic rings. The second kappa shape index (κ2) is 7.36. The van der Waals surface area contributed by atoms with Gasteiger partial charge in [-0.05, 0) is 24.8 Å². The van der Waals surface area contributed by atoms with Crippen molar-refractivity contribution in [2.45, 2.75) is 32.7 Å². The number of thiophene rings is 1. The molecule has 0 aromatic carbocycles. The number of nitrogens with zero attached hydrogens (tertiary/aromatic N) is 2. The molecule has 1 aromatic heterocycles. The third-order valence-electron chi connectivity index (χ3n) is 3.62. The van der Waals surface area contributed by atoms with E-state index in [1.165, 1.54) is 11.3 Å². The summed E-state index contributed by atoms with van der Waals surface area (Å²) in [6.07, 6.45) is 1.23. The first-order valence-corrected chi connectivity index (χ1v) is 8.31. The zero-order valence-electron chi connectivity index (χ0n) is 13.1. The average Bonchev–Trinajstić information content (AvgIpc) is 3.10. The van der Waals surface area contributed by atoms with Crippen molar-refractivity contribution >= 4 is 35.1 Å². The van der Waals surface area contributed by atoms with Crippen molar-refractivity contribution in [2.75, 3.05) is 13.1 Å². The molecule has 8 heteroatoms. The summed E-state index contributed by atoms with van der Waals surface area (Å²) in [5, 5.41) is 4.57. The molecular weight excluding hydrogens is 318 g/mol. The van der Waals surface area contributed by atoms with Crippen LogP contribution in [-0.4, -0.2) is 52.7 Å². The molecule has 124 valence electrons. The fourth-order valence-electron chi connectivity index (χ4n) is 2.13. The van der Waals surface area contributed by atoms with Crippen molar-refractivity contribution in [2.24, 2.45) is 0 Å². The fraction of sp³-hybridized carbons (Fsp3) is 0.467. The van der Waals surface area contributed by atoms with Crippen LogP contribution in [0.4, 0.5) is 4.79 Å². The summed E-state index contributed by atoms with van der Waals surface area (Å²) in [5.74, 6) is -2.27. The summed E-state index contributed by atoms with van der Waals surface area (Å²) in [4.78, 5) is 50.5. The molecule has 5 amide bonds. The van der Waals surface area contributed by atoms with E-state index >= 15 is 0 Å². The maximum atomic E-state index is 12.2. The monoisotopic (exact) mass is 337 g/mol. The molecule has 1 aliphatic heterocycles. The fourth-order valence-corrected chi connectivity index (χ4v) is 2.83. The van der Waals surface area contributed by atoms with Gasteiger partial charge in [0.25, 0.3) is 0 Å². The highest BCUT2D eigenvalue weighted by atomic mass is 32.1. The van der Waals surface area contributed by atoms with Crippen LogP contribution in [0.2, 0.25) is 0 Å². The van der Waals surface area contributed by atoms with Gasteiger partial charge in [-0.3, -0.25) is 19.3 Å². The van der Waals surface area contributed by atoms with Crippen LogP contribution in [0.3, 0.4) is 0 Å². The molecule has 1 aromatic rings. The minimum atomic E-state index is -0.944. The second-order valence-corrected chi connectivity index (χ2v) is 6.37. The Balaban J connectivity index is 1.97. The molecule has 7 nitrogen and oxygen atoms in total. The predicted octanol–water partition coefficient (Wildman–Crippen LogP) is 0.996. The number of hydrogen-bond donors (Lipinski definition) is 1. The van der Waals surface area contributed by atoms with Gasteiger partial charge in [-0.25, -0.2) is 9.69 Å². The van der Waals surface area contributed by atoms with Crippen molar-refractivity contribution in [3.05, 3.63) is 22.4 Å². The van der Waals surface area contributed by atoms with Crippen molar-refractivity contribution in [3.63, 3.8) is 0 Å². The normalized spacial score (nSPS) is 16.2. The molecule has 1 saturated heterocycles. The number of carbonyl (C=O) groups excluding carboxylic acids is 4. The largest absolute Gasteiger partial charge is 0.352 e. The molecule has 1 atom stereocenters. The highest BCUT2D eigenvalue weighted by molar-refractivity contribution is 7.09. The standard InChI is InChI=1S/C15H19N3O4S/c1-3-10(2)16-12(19)9-18-14(21)13(20)17(15(18)22)7-6-11-5-4-8-23-11/h4-5,8,10H,3,6-7,9H2,1-2H3,(H,16,19)/t10-/m1/s1. The van der Waals surface area contributed by atoms with Crippen molar-refractivity contribution in [1.82, 2.24) is 15.1 Å². The second-order valence-electron chi connectivity index (χ2n) is 5.34. The number of nitrogens with one attached hydrogen (secondary N) is 1. The van der Waals surface area contributed by atoms with E-state index < -0.39 is 30.3 Å². The summed E-state index contributed by atoms with van der Waals surface area (Å²) in [5.41, 5.74) is 0. The number of amides is 5. The lowest BCUT2D eigenvalue weighted by Gasteiger charge is -2.16. The minimum Gasteiger partial charge on any atom is -0.352 e. The highest BCUT2D eigenvalue weighted by Gasteiger charge is 2.44. The van der Waals surface area contributed by atoms with Crippen LogP contribution in [0.15, 0.2) is 17.5 Å². The molecule has 0 aliphatic carbocycles. The quantitative estimate of drug-likeness (QED) is 0.594. The minimum absolute atomic E-state index is 0.0547. The van der Waals surface area contributed by atoms with Crippen LogP contribution < -0.4 is 5.32 Å². The average molecular weight is 337 g/mol. The number of urea groups is 1. The summed E-state index contributed by atoms with van der Waals surface area (Å²) >= 11 is 1.52. The lowest BCUT2D eigenvalue weighted by molar-refractivity contribution is -0.144. The van der Waals surface area contributed by atoms with Crippen molar-refractivity contribution < 1.29 is 19.2 Å². The molecule has 23 heavy (non-hydrogen) atoms. The molecule has 0 unspecified atom stereocenters. The Kier molecular flexibility index (Phi) is 5.49. The van der Waals surface area contributed by atoms with E-state index in [-0.39, 0.29) is 12.6 Å². The Morgan fingerprint density at radius 2 is 1.96 bits per heavy atom. The summed E-state index contributed by atoms with van der Waals surface area (Å²) in [6.45, 7) is 3.44. The van der Waals surface area contributed by atoms with Gasteiger partial charge in [0.2, 0.25) is 5.91 Å².